The van der Waals surface area contributed by atoms with Crippen molar-refractivity contribution in [1.82, 2.24) is 9.78 Å². The summed E-state index contributed by atoms with van der Waals surface area (Å²) in [4.78, 5) is 0. The number of nitrogens with zero attached hydrogens (tertiary/aromatic N) is 2. The Morgan fingerprint density at radius 1 is 1.25 bits per heavy atom. The van der Waals surface area contributed by atoms with Crippen molar-refractivity contribution in [3.05, 3.63) is 47.2 Å². The molecule has 0 saturated carbocycles. The van der Waals surface area contributed by atoms with E-state index in [1.807, 2.05) is 0 Å². The van der Waals surface area contributed by atoms with Crippen LogP contribution in [0.25, 0.3) is 5.69 Å². The summed E-state index contributed by atoms with van der Waals surface area (Å²) in [6.45, 7) is 0. The van der Waals surface area contributed by atoms with Crippen LogP contribution in [0.5, 0.6) is 0 Å². The molecule has 0 saturated heterocycles. The molecule has 2 nitrogen and oxygen atoms in total. The van der Waals surface area contributed by atoms with Crippen molar-refractivity contribution >= 4 is 11.6 Å². The summed E-state index contributed by atoms with van der Waals surface area (Å²) in [5, 5.41) is 3.90. The van der Waals surface area contributed by atoms with Gasteiger partial charge in [-0.15, -0.1) is 0 Å². The molecule has 0 aliphatic heterocycles. The minimum atomic E-state index is -4.38. The number of hydrogen-bond acceptors (Lipinski definition) is 1. The number of alkyl halides is 3. The van der Waals surface area contributed by atoms with Crippen LogP contribution in [0.2, 0.25) is 5.02 Å². The molecule has 0 aliphatic carbocycles. The SMILES string of the molecule is FC(F)(F)c1ccc(-n2cccn2)c(Cl)c1. The van der Waals surface area contributed by atoms with Crippen LogP contribution < -0.4 is 0 Å². The lowest BCUT2D eigenvalue weighted by atomic mass is 10.2. The summed E-state index contributed by atoms with van der Waals surface area (Å²) in [6.07, 6.45) is -1.26. The van der Waals surface area contributed by atoms with Crippen molar-refractivity contribution in [2.45, 2.75) is 6.18 Å². The fraction of sp³-hybridized carbons (Fsp3) is 0.100. The summed E-state index contributed by atoms with van der Waals surface area (Å²) in [5.41, 5.74) is -0.354. The van der Waals surface area contributed by atoms with Gasteiger partial charge in [-0.05, 0) is 24.3 Å². The molecule has 0 spiro atoms. The highest BCUT2D eigenvalue weighted by molar-refractivity contribution is 6.32. The molecule has 0 atom stereocenters. The van der Waals surface area contributed by atoms with E-state index in [2.05, 4.69) is 5.10 Å². The Bertz CT molecular complexity index is 491. The molecule has 1 aromatic heterocycles. The van der Waals surface area contributed by atoms with Crippen LogP contribution in [0, 0.1) is 0 Å². The van der Waals surface area contributed by atoms with Gasteiger partial charge in [-0.1, -0.05) is 11.6 Å². The van der Waals surface area contributed by atoms with Crippen LogP contribution in [0.15, 0.2) is 36.7 Å². The molecule has 16 heavy (non-hydrogen) atoms. The number of benzene rings is 1. The lowest BCUT2D eigenvalue weighted by Gasteiger charge is -2.09. The maximum absolute atomic E-state index is 12.4. The zero-order valence-corrected chi connectivity index (χ0v) is 8.63. The van der Waals surface area contributed by atoms with Crippen molar-refractivity contribution in [2.24, 2.45) is 0 Å². The van der Waals surface area contributed by atoms with Gasteiger partial charge in [-0.2, -0.15) is 18.3 Å². The Labute approximate surface area is 94.3 Å². The molecule has 0 aliphatic rings. The van der Waals surface area contributed by atoms with Gasteiger partial charge in [0.05, 0.1) is 16.3 Å². The van der Waals surface area contributed by atoms with Gasteiger partial charge < -0.3 is 0 Å². The number of halogens is 4. The highest BCUT2D eigenvalue weighted by atomic mass is 35.5. The van der Waals surface area contributed by atoms with Gasteiger partial charge in [0.25, 0.3) is 0 Å². The largest absolute Gasteiger partial charge is 0.416 e. The standard InChI is InChI=1S/C10H6ClF3N2/c11-8-6-7(10(12,13)14)2-3-9(8)16-5-1-4-15-16/h1-6H. The van der Waals surface area contributed by atoms with Crippen molar-refractivity contribution in [1.29, 1.82) is 0 Å². The molecule has 2 aromatic rings. The van der Waals surface area contributed by atoms with E-state index in [0.29, 0.717) is 5.69 Å². The molecule has 6 heteroatoms. The molecular weight excluding hydrogens is 241 g/mol. The van der Waals surface area contributed by atoms with Crippen LogP contribution >= 0.6 is 11.6 Å². The minimum absolute atomic E-state index is 0.0125. The Kier molecular flexibility index (Phi) is 2.63. The first kappa shape index (κ1) is 11.0. The van der Waals surface area contributed by atoms with Crippen LogP contribution in [0.1, 0.15) is 5.56 Å². The quantitative estimate of drug-likeness (QED) is 0.752. The van der Waals surface area contributed by atoms with E-state index in [1.54, 1.807) is 12.3 Å². The Morgan fingerprint density at radius 2 is 2.00 bits per heavy atom. The summed E-state index contributed by atoms with van der Waals surface area (Å²) in [5.74, 6) is 0. The molecular formula is C10H6ClF3N2. The van der Waals surface area contributed by atoms with Gasteiger partial charge in [0.2, 0.25) is 0 Å². The van der Waals surface area contributed by atoms with Crippen molar-refractivity contribution < 1.29 is 13.2 Å². The third kappa shape index (κ3) is 2.04. The molecule has 1 aromatic carbocycles. The predicted molar refractivity (Wildman–Crippen MR) is 53.6 cm³/mol. The van der Waals surface area contributed by atoms with Crippen LogP contribution in [-0.4, -0.2) is 9.78 Å². The third-order valence-electron chi connectivity index (χ3n) is 2.03. The summed E-state index contributed by atoms with van der Waals surface area (Å²) in [6, 6.07) is 4.81. The van der Waals surface area contributed by atoms with E-state index >= 15 is 0 Å². The minimum Gasteiger partial charge on any atom is -0.239 e. The molecule has 0 amide bonds. The van der Waals surface area contributed by atoms with E-state index in [9.17, 15) is 13.2 Å². The molecule has 1 heterocycles. The Morgan fingerprint density at radius 3 is 2.50 bits per heavy atom. The summed E-state index contributed by atoms with van der Waals surface area (Å²) in [7, 11) is 0. The summed E-state index contributed by atoms with van der Waals surface area (Å²) < 4.78 is 38.5. The second-order valence-corrected chi connectivity index (χ2v) is 3.52. The van der Waals surface area contributed by atoms with Crippen molar-refractivity contribution in [2.75, 3.05) is 0 Å². The molecule has 0 N–H and O–H groups in total. The number of aromatic nitrogens is 2. The predicted octanol–water partition coefficient (Wildman–Crippen LogP) is 3.54. The van der Waals surface area contributed by atoms with E-state index in [4.69, 9.17) is 11.6 Å². The highest BCUT2D eigenvalue weighted by Crippen LogP contribution is 2.32. The van der Waals surface area contributed by atoms with Crippen LogP contribution in [0.4, 0.5) is 13.2 Å². The second-order valence-electron chi connectivity index (χ2n) is 3.11. The average Bonchev–Trinajstić information content (AvgIpc) is 2.69. The maximum Gasteiger partial charge on any atom is 0.416 e. The first-order valence-electron chi connectivity index (χ1n) is 4.35. The first-order valence-corrected chi connectivity index (χ1v) is 4.73. The Hall–Kier alpha value is -1.49. The van der Waals surface area contributed by atoms with Gasteiger partial charge in [-0.25, -0.2) is 4.68 Å². The first-order chi connectivity index (χ1) is 7.48. The third-order valence-corrected chi connectivity index (χ3v) is 2.33. The number of hydrogen-bond donors (Lipinski definition) is 0. The van der Waals surface area contributed by atoms with Crippen molar-refractivity contribution in [3.8, 4) is 5.69 Å². The fourth-order valence-corrected chi connectivity index (χ4v) is 1.55. The van der Waals surface area contributed by atoms with E-state index in [1.165, 1.54) is 16.9 Å². The maximum atomic E-state index is 12.4. The van der Waals surface area contributed by atoms with Crippen LogP contribution in [0.3, 0.4) is 0 Å². The lowest BCUT2D eigenvalue weighted by molar-refractivity contribution is -0.137. The molecule has 0 radical (unpaired) electrons. The normalized spacial score (nSPS) is 11.8. The molecule has 0 bridgehead atoms. The fourth-order valence-electron chi connectivity index (χ4n) is 1.28. The van der Waals surface area contributed by atoms with Gasteiger partial charge in [0.15, 0.2) is 0 Å². The second kappa shape index (κ2) is 3.83. The molecule has 84 valence electrons. The van der Waals surface area contributed by atoms with Gasteiger partial charge >= 0.3 is 6.18 Å². The summed E-state index contributed by atoms with van der Waals surface area (Å²) >= 11 is 5.77. The lowest BCUT2D eigenvalue weighted by Crippen LogP contribution is -2.05. The van der Waals surface area contributed by atoms with E-state index < -0.39 is 11.7 Å². The van der Waals surface area contributed by atoms with Gasteiger partial charge in [0, 0.05) is 12.4 Å². The smallest absolute Gasteiger partial charge is 0.239 e. The molecule has 0 fully saturated rings. The topological polar surface area (TPSA) is 17.8 Å². The van der Waals surface area contributed by atoms with E-state index in [-0.39, 0.29) is 5.02 Å². The average molecular weight is 247 g/mol. The van der Waals surface area contributed by atoms with E-state index in [0.717, 1.165) is 12.1 Å². The van der Waals surface area contributed by atoms with Crippen LogP contribution in [-0.2, 0) is 6.18 Å². The van der Waals surface area contributed by atoms with Gasteiger partial charge in [-0.3, -0.25) is 0 Å². The van der Waals surface area contributed by atoms with Gasteiger partial charge in [0.1, 0.15) is 0 Å². The zero-order valence-electron chi connectivity index (χ0n) is 7.87. The monoisotopic (exact) mass is 246 g/mol. The Balaban J connectivity index is 2.46. The zero-order chi connectivity index (χ0) is 11.8. The van der Waals surface area contributed by atoms with Crippen molar-refractivity contribution in [3.63, 3.8) is 0 Å². The molecule has 0 unspecified atom stereocenters. The number of rotatable bonds is 1. The highest BCUT2D eigenvalue weighted by Gasteiger charge is 2.30. The molecule has 2 rings (SSSR count).